The van der Waals surface area contributed by atoms with E-state index in [1.165, 1.54) is 42.4 Å². The zero-order valence-electron chi connectivity index (χ0n) is 24.6. The molecule has 0 aliphatic heterocycles. The third-order valence-electron chi connectivity index (χ3n) is 7.34. The molecule has 0 saturated heterocycles. The molecular formula is C31H43N5O3S. The van der Waals surface area contributed by atoms with Crippen molar-refractivity contribution in [1.82, 2.24) is 15.0 Å². The molecule has 0 N–H and O–H groups in total. The quantitative estimate of drug-likeness (QED) is 0.254. The molecule has 1 aromatic carbocycles. The lowest BCUT2D eigenvalue weighted by Gasteiger charge is -2.30. The van der Waals surface area contributed by atoms with Gasteiger partial charge in [-0.05, 0) is 51.2 Å². The number of aromatic nitrogens is 3. The van der Waals surface area contributed by atoms with Crippen molar-refractivity contribution in [3.8, 4) is 11.6 Å². The molecule has 1 aliphatic rings. The molecule has 3 aromatic rings. The fraction of sp³-hybridized carbons (Fsp3) is 0.516. The van der Waals surface area contributed by atoms with Crippen LogP contribution < -0.4 is 19.3 Å². The Morgan fingerprint density at radius 1 is 1.00 bits per heavy atom. The van der Waals surface area contributed by atoms with Gasteiger partial charge in [-0.25, -0.2) is 15.0 Å². The molecule has 0 amide bonds. The van der Waals surface area contributed by atoms with E-state index in [1.807, 2.05) is 6.07 Å². The molecule has 1 atom stereocenters. The smallest absolute Gasteiger partial charge is 0.226 e. The predicted molar refractivity (Wildman–Crippen MR) is 163 cm³/mol. The second kappa shape index (κ2) is 14.4. The molecule has 1 fully saturated rings. The normalized spacial score (nSPS) is 14.2. The fourth-order valence-corrected chi connectivity index (χ4v) is 5.80. The molecule has 9 heteroatoms. The summed E-state index contributed by atoms with van der Waals surface area (Å²) >= 11 is 0. The number of rotatable bonds is 14. The number of pyridine rings is 1. The number of ether oxygens (including phenoxy) is 2. The number of hydrogen-bond acceptors (Lipinski definition) is 8. The van der Waals surface area contributed by atoms with Crippen molar-refractivity contribution in [3.05, 3.63) is 65.1 Å². The maximum Gasteiger partial charge on any atom is 0.226 e. The highest BCUT2D eigenvalue weighted by Gasteiger charge is 2.22. The van der Waals surface area contributed by atoms with Gasteiger partial charge in [-0.15, -0.1) is 0 Å². The van der Waals surface area contributed by atoms with Crippen LogP contribution in [0.1, 0.15) is 55.0 Å². The van der Waals surface area contributed by atoms with Gasteiger partial charge in [0.1, 0.15) is 0 Å². The van der Waals surface area contributed by atoms with Crippen LogP contribution in [-0.2, 0) is 23.9 Å². The molecule has 0 bridgehead atoms. The van der Waals surface area contributed by atoms with Crippen LogP contribution >= 0.6 is 0 Å². The van der Waals surface area contributed by atoms with E-state index in [-0.39, 0.29) is 0 Å². The molecule has 0 radical (unpaired) electrons. The summed E-state index contributed by atoms with van der Waals surface area (Å²) in [4.78, 5) is 18.9. The number of benzene rings is 1. The Balaban J connectivity index is 1.65. The highest BCUT2D eigenvalue weighted by atomic mass is 32.2. The van der Waals surface area contributed by atoms with Crippen LogP contribution in [0.15, 0.2) is 42.7 Å². The molecule has 8 nitrogen and oxygen atoms in total. The first-order valence-corrected chi connectivity index (χ1v) is 15.9. The molecular weight excluding hydrogens is 522 g/mol. The fourth-order valence-electron chi connectivity index (χ4n) is 5.48. The summed E-state index contributed by atoms with van der Waals surface area (Å²) in [7, 11) is 0.750. The van der Waals surface area contributed by atoms with Gasteiger partial charge >= 0.3 is 0 Å². The summed E-state index contributed by atoms with van der Waals surface area (Å²) < 4.78 is 22.6. The van der Waals surface area contributed by atoms with Crippen molar-refractivity contribution in [2.24, 2.45) is 5.92 Å². The van der Waals surface area contributed by atoms with Gasteiger partial charge in [0, 0.05) is 42.8 Å². The molecule has 2 aromatic heterocycles. The van der Waals surface area contributed by atoms with E-state index in [4.69, 9.17) is 14.5 Å². The van der Waals surface area contributed by atoms with E-state index in [9.17, 15) is 4.21 Å². The first kappa shape index (κ1) is 29.8. The molecule has 216 valence electrons. The molecule has 1 unspecified atom stereocenters. The number of methoxy groups -OCH3 is 1. The Labute approximate surface area is 241 Å². The lowest BCUT2D eigenvalue weighted by atomic mass is 10.1. The van der Waals surface area contributed by atoms with Gasteiger partial charge in [0.05, 0.1) is 49.8 Å². The highest BCUT2D eigenvalue weighted by molar-refractivity contribution is 7.84. The first-order valence-electron chi connectivity index (χ1n) is 14.2. The van der Waals surface area contributed by atoms with Crippen LogP contribution in [0.4, 0.5) is 11.6 Å². The maximum absolute atomic E-state index is 11.4. The van der Waals surface area contributed by atoms with E-state index < -0.39 is 10.8 Å². The van der Waals surface area contributed by atoms with Gasteiger partial charge < -0.3 is 19.3 Å². The minimum Gasteiger partial charge on any atom is -0.489 e. The third-order valence-corrected chi connectivity index (χ3v) is 8.08. The van der Waals surface area contributed by atoms with Gasteiger partial charge in [0.2, 0.25) is 11.8 Å². The van der Waals surface area contributed by atoms with Crippen molar-refractivity contribution in [3.63, 3.8) is 0 Å². The summed E-state index contributed by atoms with van der Waals surface area (Å²) in [6, 6.07) is 10.7. The lowest BCUT2D eigenvalue weighted by molar-refractivity contribution is 0.339. The molecule has 2 heterocycles. The van der Waals surface area contributed by atoms with Gasteiger partial charge in [-0.2, -0.15) is 0 Å². The third kappa shape index (κ3) is 8.40. The van der Waals surface area contributed by atoms with Gasteiger partial charge in [0.25, 0.3) is 0 Å². The van der Waals surface area contributed by atoms with E-state index in [1.54, 1.807) is 25.8 Å². The Bertz CT molecular complexity index is 1240. The zero-order chi connectivity index (χ0) is 28.5. The van der Waals surface area contributed by atoms with E-state index in [2.05, 4.69) is 64.8 Å². The Morgan fingerprint density at radius 3 is 2.33 bits per heavy atom. The van der Waals surface area contributed by atoms with Crippen LogP contribution in [-0.4, -0.2) is 58.0 Å². The lowest BCUT2D eigenvalue weighted by Crippen LogP contribution is -2.31. The van der Waals surface area contributed by atoms with E-state index in [0.717, 1.165) is 30.4 Å². The van der Waals surface area contributed by atoms with Crippen molar-refractivity contribution >= 4 is 22.4 Å². The topological polar surface area (TPSA) is 80.7 Å². The Hall–Kier alpha value is -3.20. The second-order valence-electron chi connectivity index (χ2n) is 10.7. The SMILES string of the molecule is CCN(CC1CCCC1)c1ccc(OC)nc1CN(Cc1cc(C)cc(C)c1)c1ncc(OCCS(C)=O)cn1. The summed E-state index contributed by atoms with van der Waals surface area (Å²) in [5, 5.41) is 0. The summed E-state index contributed by atoms with van der Waals surface area (Å²) in [6.07, 6.45) is 10.3. The predicted octanol–water partition coefficient (Wildman–Crippen LogP) is 5.48. The number of nitrogens with zero attached hydrogens (tertiary/aromatic N) is 5. The molecule has 40 heavy (non-hydrogen) atoms. The summed E-state index contributed by atoms with van der Waals surface area (Å²) in [6.45, 7) is 9.93. The van der Waals surface area contributed by atoms with Gasteiger partial charge in [0.15, 0.2) is 5.75 Å². The van der Waals surface area contributed by atoms with E-state index in [0.29, 0.717) is 43.0 Å². The molecule has 1 aliphatic carbocycles. The largest absolute Gasteiger partial charge is 0.489 e. The summed E-state index contributed by atoms with van der Waals surface area (Å²) in [5.41, 5.74) is 5.71. The number of anilines is 2. The highest BCUT2D eigenvalue weighted by Crippen LogP contribution is 2.31. The average Bonchev–Trinajstić information content (AvgIpc) is 3.44. The zero-order valence-corrected chi connectivity index (χ0v) is 25.4. The molecule has 0 spiro atoms. The van der Waals surface area contributed by atoms with Crippen molar-refractivity contribution in [1.29, 1.82) is 0 Å². The van der Waals surface area contributed by atoms with Crippen LogP contribution in [0.3, 0.4) is 0 Å². The van der Waals surface area contributed by atoms with Crippen LogP contribution in [0.2, 0.25) is 0 Å². The summed E-state index contributed by atoms with van der Waals surface area (Å²) in [5.74, 6) is 2.95. The van der Waals surface area contributed by atoms with Crippen LogP contribution in [0, 0.1) is 19.8 Å². The standard InChI is InChI=1S/C31H43N5O3S/c1-6-35(20-25-9-7-8-10-25)29-11-12-30(38-4)34-28(29)22-36(21-26-16-23(2)15-24(3)17-26)31-32-18-27(19-33-31)39-13-14-40(5)37/h11-12,15-19,25H,6-10,13-14,20-22H2,1-5H3. The van der Waals surface area contributed by atoms with Crippen LogP contribution in [0.5, 0.6) is 11.6 Å². The van der Waals surface area contributed by atoms with Crippen molar-refractivity contribution < 1.29 is 13.7 Å². The number of aryl methyl sites for hydroxylation is 2. The second-order valence-corrected chi connectivity index (χ2v) is 12.3. The monoisotopic (exact) mass is 565 g/mol. The Morgan fingerprint density at radius 2 is 1.70 bits per heavy atom. The Kier molecular flexibility index (Phi) is 10.7. The molecule has 4 rings (SSSR count). The van der Waals surface area contributed by atoms with Crippen molar-refractivity contribution in [2.45, 2.75) is 59.5 Å². The minimum atomic E-state index is -0.907. The maximum atomic E-state index is 11.4. The first-order chi connectivity index (χ1) is 19.3. The van der Waals surface area contributed by atoms with Gasteiger partial charge in [-0.3, -0.25) is 4.21 Å². The van der Waals surface area contributed by atoms with Crippen LogP contribution in [0.25, 0.3) is 0 Å². The average molecular weight is 566 g/mol. The minimum absolute atomic E-state index is 0.364. The number of hydrogen-bond donors (Lipinski definition) is 0. The van der Waals surface area contributed by atoms with Gasteiger partial charge in [-0.1, -0.05) is 42.2 Å². The molecule has 1 saturated carbocycles. The van der Waals surface area contributed by atoms with Crippen molar-refractivity contribution in [2.75, 3.05) is 48.6 Å². The van der Waals surface area contributed by atoms with E-state index >= 15 is 0 Å².